The second-order valence-corrected chi connectivity index (χ2v) is 6.53. The Kier molecular flexibility index (Phi) is 6.66. The van der Waals surface area contributed by atoms with E-state index >= 15 is 0 Å². The average Bonchev–Trinajstić information content (AvgIpc) is 3.21. The maximum absolute atomic E-state index is 13.8. The number of piperidine rings is 1. The van der Waals surface area contributed by atoms with Crippen LogP contribution in [0.1, 0.15) is 36.6 Å². The molecule has 140 valence electrons. The van der Waals surface area contributed by atoms with Crippen LogP contribution < -0.4 is 10.6 Å². The highest BCUT2D eigenvalue weighted by Crippen LogP contribution is 2.24. The maximum atomic E-state index is 13.8. The van der Waals surface area contributed by atoms with Gasteiger partial charge in [0.15, 0.2) is 5.96 Å². The van der Waals surface area contributed by atoms with Crippen LogP contribution in [0.4, 0.5) is 4.39 Å². The van der Waals surface area contributed by atoms with Crippen molar-refractivity contribution in [3.8, 4) is 0 Å². The van der Waals surface area contributed by atoms with E-state index in [9.17, 15) is 4.39 Å². The van der Waals surface area contributed by atoms with Gasteiger partial charge in [-0.15, -0.1) is 0 Å². The van der Waals surface area contributed by atoms with Crippen LogP contribution >= 0.6 is 0 Å². The number of nitrogens with one attached hydrogen (secondary N) is 2. The van der Waals surface area contributed by atoms with E-state index in [1.54, 1.807) is 25.4 Å². The van der Waals surface area contributed by atoms with Crippen molar-refractivity contribution >= 4 is 5.96 Å². The van der Waals surface area contributed by atoms with E-state index in [0.29, 0.717) is 24.6 Å². The van der Waals surface area contributed by atoms with Crippen molar-refractivity contribution in [1.29, 1.82) is 0 Å². The highest BCUT2D eigenvalue weighted by atomic mass is 19.1. The van der Waals surface area contributed by atoms with Crippen LogP contribution in [0.2, 0.25) is 0 Å². The van der Waals surface area contributed by atoms with Gasteiger partial charge in [0, 0.05) is 25.7 Å². The van der Waals surface area contributed by atoms with Crippen LogP contribution in [0.15, 0.2) is 52.1 Å². The number of aliphatic imine (C=N–C) groups is 1. The van der Waals surface area contributed by atoms with Gasteiger partial charge in [0.1, 0.15) is 11.6 Å². The van der Waals surface area contributed by atoms with Gasteiger partial charge in [0.2, 0.25) is 0 Å². The standard InChI is InChI=1S/C20H27FN4O/c1-22-20(23-14-16-8-3-4-9-17(16)21)24-15-18(19-10-7-13-26-19)25-11-5-2-6-12-25/h3-4,7-10,13,18H,2,5-6,11-12,14-15H2,1H3,(H2,22,23,24). The molecule has 0 bridgehead atoms. The van der Waals surface area contributed by atoms with Crippen LogP contribution in [0.5, 0.6) is 0 Å². The van der Waals surface area contributed by atoms with Gasteiger partial charge in [-0.2, -0.15) is 0 Å². The Morgan fingerprint density at radius 3 is 2.65 bits per heavy atom. The fraction of sp³-hybridized carbons (Fsp3) is 0.450. The van der Waals surface area contributed by atoms with E-state index in [-0.39, 0.29) is 11.9 Å². The summed E-state index contributed by atoms with van der Waals surface area (Å²) in [5.41, 5.74) is 0.620. The molecule has 0 saturated carbocycles. The van der Waals surface area contributed by atoms with E-state index in [1.807, 2.05) is 18.2 Å². The number of halogens is 1. The molecule has 0 amide bonds. The molecule has 1 fully saturated rings. The lowest BCUT2D eigenvalue weighted by Gasteiger charge is -2.33. The van der Waals surface area contributed by atoms with Crippen LogP contribution in [0, 0.1) is 5.82 Å². The van der Waals surface area contributed by atoms with Crippen molar-refractivity contribution in [2.24, 2.45) is 4.99 Å². The lowest BCUT2D eigenvalue weighted by molar-refractivity contribution is 0.146. The van der Waals surface area contributed by atoms with E-state index in [4.69, 9.17) is 4.42 Å². The topological polar surface area (TPSA) is 52.8 Å². The normalized spacial score (nSPS) is 17.1. The molecule has 2 N–H and O–H groups in total. The number of hydrogen-bond acceptors (Lipinski definition) is 3. The van der Waals surface area contributed by atoms with Crippen molar-refractivity contribution in [1.82, 2.24) is 15.5 Å². The Labute approximate surface area is 154 Å². The number of rotatable bonds is 6. The SMILES string of the molecule is CN=C(NCc1ccccc1F)NCC(c1ccco1)N1CCCCC1. The van der Waals surface area contributed by atoms with Crippen molar-refractivity contribution in [2.75, 3.05) is 26.7 Å². The molecule has 1 unspecified atom stereocenters. The molecular formula is C20H27FN4O. The van der Waals surface area contributed by atoms with Gasteiger partial charge >= 0.3 is 0 Å². The third-order valence-corrected chi connectivity index (χ3v) is 4.79. The summed E-state index contributed by atoms with van der Waals surface area (Å²) >= 11 is 0. The lowest BCUT2D eigenvalue weighted by atomic mass is 10.1. The lowest BCUT2D eigenvalue weighted by Crippen LogP contribution is -2.44. The summed E-state index contributed by atoms with van der Waals surface area (Å²) in [7, 11) is 1.72. The zero-order chi connectivity index (χ0) is 18.2. The zero-order valence-electron chi connectivity index (χ0n) is 15.2. The molecule has 5 nitrogen and oxygen atoms in total. The number of likely N-dealkylation sites (tertiary alicyclic amines) is 1. The van der Waals surface area contributed by atoms with Crippen molar-refractivity contribution in [3.05, 3.63) is 59.8 Å². The van der Waals surface area contributed by atoms with Crippen molar-refractivity contribution in [3.63, 3.8) is 0 Å². The largest absolute Gasteiger partial charge is 0.468 e. The molecule has 1 atom stereocenters. The van der Waals surface area contributed by atoms with Crippen LogP contribution in [-0.4, -0.2) is 37.5 Å². The van der Waals surface area contributed by atoms with Crippen molar-refractivity contribution < 1.29 is 8.81 Å². The fourth-order valence-electron chi connectivity index (χ4n) is 3.36. The highest BCUT2D eigenvalue weighted by molar-refractivity contribution is 5.79. The van der Waals surface area contributed by atoms with E-state index in [0.717, 1.165) is 18.8 Å². The number of guanidine groups is 1. The van der Waals surface area contributed by atoms with Gasteiger partial charge in [-0.25, -0.2) is 4.39 Å². The Hall–Kier alpha value is -2.34. The molecule has 1 aliphatic heterocycles. The first-order chi connectivity index (χ1) is 12.8. The molecular weight excluding hydrogens is 331 g/mol. The minimum atomic E-state index is -0.211. The molecule has 2 heterocycles. The molecule has 0 aliphatic carbocycles. The first-order valence-corrected chi connectivity index (χ1v) is 9.23. The minimum absolute atomic E-state index is 0.164. The van der Waals surface area contributed by atoms with Crippen LogP contribution in [0.3, 0.4) is 0 Å². The summed E-state index contributed by atoms with van der Waals surface area (Å²) in [6.07, 6.45) is 5.45. The first kappa shape index (κ1) is 18.5. The molecule has 3 rings (SSSR count). The molecule has 0 spiro atoms. The average molecular weight is 358 g/mol. The van der Waals surface area contributed by atoms with Gasteiger partial charge in [-0.1, -0.05) is 24.6 Å². The number of furan rings is 1. The maximum Gasteiger partial charge on any atom is 0.191 e. The fourth-order valence-corrected chi connectivity index (χ4v) is 3.36. The quantitative estimate of drug-likeness (QED) is 0.614. The van der Waals surface area contributed by atoms with Gasteiger partial charge in [0.05, 0.1) is 12.3 Å². The second kappa shape index (κ2) is 9.38. The van der Waals surface area contributed by atoms with Crippen LogP contribution in [0.25, 0.3) is 0 Å². The zero-order valence-corrected chi connectivity index (χ0v) is 15.2. The minimum Gasteiger partial charge on any atom is -0.468 e. The summed E-state index contributed by atoms with van der Waals surface area (Å²) in [4.78, 5) is 6.71. The Morgan fingerprint density at radius 1 is 1.15 bits per heavy atom. The third kappa shape index (κ3) is 4.85. The molecule has 1 aliphatic rings. The summed E-state index contributed by atoms with van der Waals surface area (Å²) in [5.74, 6) is 1.41. The Bertz CT molecular complexity index is 696. The van der Waals surface area contributed by atoms with E-state index < -0.39 is 0 Å². The monoisotopic (exact) mass is 358 g/mol. The predicted molar refractivity (Wildman–Crippen MR) is 101 cm³/mol. The van der Waals surface area contributed by atoms with Gasteiger partial charge < -0.3 is 15.1 Å². The molecule has 0 radical (unpaired) electrons. The summed E-state index contributed by atoms with van der Waals surface area (Å²) in [6.45, 7) is 3.23. The molecule has 1 aromatic carbocycles. The van der Waals surface area contributed by atoms with E-state index in [1.165, 1.54) is 25.3 Å². The second-order valence-electron chi connectivity index (χ2n) is 6.53. The van der Waals surface area contributed by atoms with E-state index in [2.05, 4.69) is 20.5 Å². The number of benzene rings is 1. The number of nitrogens with zero attached hydrogens (tertiary/aromatic N) is 2. The summed E-state index contributed by atoms with van der Waals surface area (Å²) in [6, 6.07) is 10.9. The molecule has 6 heteroatoms. The molecule has 2 aromatic rings. The smallest absolute Gasteiger partial charge is 0.191 e. The van der Waals surface area contributed by atoms with Gasteiger partial charge in [-0.3, -0.25) is 9.89 Å². The highest BCUT2D eigenvalue weighted by Gasteiger charge is 2.24. The van der Waals surface area contributed by atoms with Crippen LogP contribution in [-0.2, 0) is 6.54 Å². The number of hydrogen-bond donors (Lipinski definition) is 2. The molecule has 26 heavy (non-hydrogen) atoms. The molecule has 1 saturated heterocycles. The van der Waals surface area contributed by atoms with Gasteiger partial charge in [0.25, 0.3) is 0 Å². The first-order valence-electron chi connectivity index (χ1n) is 9.23. The molecule has 1 aromatic heterocycles. The Morgan fingerprint density at radius 2 is 1.96 bits per heavy atom. The summed E-state index contributed by atoms with van der Waals surface area (Å²) in [5, 5.41) is 6.54. The summed E-state index contributed by atoms with van der Waals surface area (Å²) < 4.78 is 19.4. The Balaban J connectivity index is 1.59. The predicted octanol–water partition coefficient (Wildman–Crippen LogP) is 3.31. The van der Waals surface area contributed by atoms with Gasteiger partial charge in [-0.05, 0) is 44.1 Å². The third-order valence-electron chi connectivity index (χ3n) is 4.79. The van der Waals surface area contributed by atoms with Crippen molar-refractivity contribution in [2.45, 2.75) is 31.8 Å².